The van der Waals surface area contributed by atoms with Gasteiger partial charge in [-0.25, -0.2) is 0 Å². The molecule has 16 heavy (non-hydrogen) atoms. The number of hydrogen-bond donors (Lipinski definition) is 1. The zero-order chi connectivity index (χ0) is 11.8. The zero-order valence-corrected chi connectivity index (χ0v) is 9.81. The average Bonchev–Trinajstić information content (AvgIpc) is 2.32. The van der Waals surface area contributed by atoms with Crippen molar-refractivity contribution < 1.29 is 9.84 Å². The van der Waals surface area contributed by atoms with Gasteiger partial charge in [0.15, 0.2) is 0 Å². The molecule has 86 valence electrons. The van der Waals surface area contributed by atoms with E-state index < -0.39 is 0 Å². The summed E-state index contributed by atoms with van der Waals surface area (Å²) < 4.78 is 5.58. The highest BCUT2D eigenvalue weighted by Crippen LogP contribution is 2.16. The van der Waals surface area contributed by atoms with Crippen LogP contribution in [-0.2, 0) is 0 Å². The minimum absolute atomic E-state index is 0.254. The Morgan fingerprint density at radius 1 is 1.31 bits per heavy atom. The molecule has 1 N–H and O–H groups in total. The molecule has 0 amide bonds. The molecule has 1 rings (SSSR count). The van der Waals surface area contributed by atoms with Crippen LogP contribution in [0, 0.1) is 0 Å². The molecule has 0 aliphatic heterocycles. The Balaban J connectivity index is 2.50. The van der Waals surface area contributed by atoms with Crippen molar-refractivity contribution in [3.8, 4) is 11.5 Å². The van der Waals surface area contributed by atoms with Crippen LogP contribution in [0.25, 0.3) is 0 Å². The lowest BCUT2D eigenvalue weighted by Crippen LogP contribution is -1.99. The maximum absolute atomic E-state index is 9.12. The smallest absolute Gasteiger partial charge is 0.120 e. The number of benzene rings is 1. The predicted octanol–water partition coefficient (Wildman–Crippen LogP) is 3.68. The van der Waals surface area contributed by atoms with Crippen LogP contribution in [0.15, 0.2) is 48.1 Å². The lowest BCUT2D eigenvalue weighted by Gasteiger charge is -2.06. The second-order valence-electron chi connectivity index (χ2n) is 3.46. The van der Waals surface area contributed by atoms with Crippen molar-refractivity contribution in [2.75, 3.05) is 6.61 Å². The molecule has 0 unspecified atom stereocenters. The van der Waals surface area contributed by atoms with Crippen LogP contribution in [0.5, 0.6) is 11.5 Å². The molecule has 0 fully saturated rings. The summed E-state index contributed by atoms with van der Waals surface area (Å²) in [5.41, 5.74) is 1.15. The highest BCUT2D eigenvalue weighted by atomic mass is 16.5. The Kier molecular flexibility index (Phi) is 5.20. The summed E-state index contributed by atoms with van der Waals surface area (Å²) in [6.45, 7) is 4.65. The normalized spacial score (nSPS) is 12.0. The lowest BCUT2D eigenvalue weighted by atomic mass is 10.2. The van der Waals surface area contributed by atoms with Crippen molar-refractivity contribution in [1.82, 2.24) is 0 Å². The van der Waals surface area contributed by atoms with Gasteiger partial charge in [-0.15, -0.1) is 0 Å². The van der Waals surface area contributed by atoms with Gasteiger partial charge in [0.1, 0.15) is 18.1 Å². The van der Waals surface area contributed by atoms with Gasteiger partial charge in [0, 0.05) is 0 Å². The summed E-state index contributed by atoms with van der Waals surface area (Å²) >= 11 is 0. The van der Waals surface area contributed by atoms with Gasteiger partial charge in [0.25, 0.3) is 0 Å². The van der Waals surface area contributed by atoms with Gasteiger partial charge in [-0.2, -0.15) is 0 Å². The zero-order valence-electron chi connectivity index (χ0n) is 9.81. The van der Waals surface area contributed by atoms with Crippen molar-refractivity contribution >= 4 is 0 Å². The number of aromatic hydroxyl groups is 1. The van der Waals surface area contributed by atoms with Crippen LogP contribution < -0.4 is 4.74 Å². The second-order valence-corrected chi connectivity index (χ2v) is 3.46. The third-order valence-corrected chi connectivity index (χ3v) is 2.18. The first kappa shape index (κ1) is 12.4. The van der Waals surface area contributed by atoms with Crippen LogP contribution in [0.2, 0.25) is 0 Å². The second kappa shape index (κ2) is 6.72. The van der Waals surface area contributed by atoms with E-state index in [4.69, 9.17) is 9.84 Å². The number of phenolic OH excluding ortho intramolecular Hbond substituents is 1. The first-order chi connectivity index (χ1) is 7.76. The topological polar surface area (TPSA) is 29.5 Å². The molecule has 0 aliphatic rings. The summed E-state index contributed by atoms with van der Waals surface area (Å²) in [5, 5.41) is 9.12. The van der Waals surface area contributed by atoms with Crippen LogP contribution >= 0.6 is 0 Å². The molecule has 0 aliphatic carbocycles. The molecule has 0 aromatic heterocycles. The molecule has 0 atom stereocenters. The molecular formula is C14H18O2. The van der Waals surface area contributed by atoms with Gasteiger partial charge in [0.2, 0.25) is 0 Å². The van der Waals surface area contributed by atoms with E-state index in [9.17, 15) is 0 Å². The first-order valence-electron chi connectivity index (χ1n) is 5.49. The van der Waals surface area contributed by atoms with Crippen molar-refractivity contribution in [2.45, 2.75) is 20.3 Å². The molecule has 0 radical (unpaired) electrons. The third-order valence-electron chi connectivity index (χ3n) is 2.18. The Morgan fingerprint density at radius 2 is 2.00 bits per heavy atom. The van der Waals surface area contributed by atoms with Crippen LogP contribution in [-0.4, -0.2) is 11.7 Å². The predicted molar refractivity (Wildman–Crippen MR) is 66.8 cm³/mol. The molecule has 1 aromatic rings. The van der Waals surface area contributed by atoms with Crippen LogP contribution in [0.1, 0.15) is 20.3 Å². The summed E-state index contributed by atoms with van der Waals surface area (Å²) in [6, 6.07) is 6.75. The molecule has 0 heterocycles. The van der Waals surface area contributed by atoms with E-state index in [2.05, 4.69) is 19.1 Å². The Labute approximate surface area is 96.9 Å². The van der Waals surface area contributed by atoms with E-state index in [0.29, 0.717) is 6.61 Å². The molecule has 0 bridgehead atoms. The number of ether oxygens (including phenoxy) is 1. The van der Waals surface area contributed by atoms with Gasteiger partial charge in [0.05, 0.1) is 0 Å². The number of allylic oxidation sites excluding steroid dienone is 2. The SMILES string of the molecule is C/C=C(\C=C/CC)COc1ccc(O)cc1. The Hall–Kier alpha value is -1.70. The summed E-state index contributed by atoms with van der Waals surface area (Å²) in [7, 11) is 0. The Morgan fingerprint density at radius 3 is 2.56 bits per heavy atom. The molecule has 2 heteroatoms. The minimum Gasteiger partial charge on any atom is -0.508 e. The fraction of sp³-hybridized carbons (Fsp3) is 0.286. The number of rotatable bonds is 5. The first-order valence-corrected chi connectivity index (χ1v) is 5.49. The third kappa shape index (κ3) is 4.22. The van der Waals surface area contributed by atoms with Gasteiger partial charge >= 0.3 is 0 Å². The lowest BCUT2D eigenvalue weighted by molar-refractivity contribution is 0.354. The van der Waals surface area contributed by atoms with E-state index in [1.165, 1.54) is 0 Å². The maximum atomic E-state index is 9.12. The van der Waals surface area contributed by atoms with E-state index in [0.717, 1.165) is 17.7 Å². The van der Waals surface area contributed by atoms with Crippen molar-refractivity contribution in [3.05, 3.63) is 48.1 Å². The monoisotopic (exact) mass is 218 g/mol. The van der Waals surface area contributed by atoms with Crippen molar-refractivity contribution in [2.24, 2.45) is 0 Å². The number of hydrogen-bond acceptors (Lipinski definition) is 2. The summed E-state index contributed by atoms with van der Waals surface area (Å²) in [5.74, 6) is 1.02. The molecule has 0 saturated carbocycles. The average molecular weight is 218 g/mol. The highest BCUT2D eigenvalue weighted by molar-refractivity contribution is 5.31. The Bertz CT molecular complexity index is 361. The van der Waals surface area contributed by atoms with Gasteiger partial charge in [-0.1, -0.05) is 25.2 Å². The maximum Gasteiger partial charge on any atom is 0.120 e. The molecule has 1 aromatic carbocycles. The molecular weight excluding hydrogens is 200 g/mol. The molecule has 2 nitrogen and oxygen atoms in total. The van der Waals surface area contributed by atoms with Crippen molar-refractivity contribution in [3.63, 3.8) is 0 Å². The van der Waals surface area contributed by atoms with Gasteiger partial charge in [-0.05, 0) is 43.2 Å². The van der Waals surface area contributed by atoms with Gasteiger partial charge in [-0.3, -0.25) is 0 Å². The minimum atomic E-state index is 0.254. The largest absolute Gasteiger partial charge is 0.508 e. The molecule has 0 saturated heterocycles. The standard InChI is InChI=1S/C14H18O2/c1-3-5-6-12(4-2)11-16-14-9-7-13(15)8-10-14/h4-10,15H,3,11H2,1-2H3/b6-5-,12-4+. The fourth-order valence-corrected chi connectivity index (χ4v) is 1.21. The quantitative estimate of drug-likeness (QED) is 0.764. The van der Waals surface area contributed by atoms with Gasteiger partial charge < -0.3 is 9.84 Å². The molecule has 0 spiro atoms. The van der Waals surface area contributed by atoms with E-state index in [-0.39, 0.29) is 5.75 Å². The van der Waals surface area contributed by atoms with E-state index in [1.807, 2.05) is 13.0 Å². The fourth-order valence-electron chi connectivity index (χ4n) is 1.21. The van der Waals surface area contributed by atoms with Crippen LogP contribution in [0.4, 0.5) is 0 Å². The highest BCUT2D eigenvalue weighted by Gasteiger charge is 1.95. The summed E-state index contributed by atoms with van der Waals surface area (Å²) in [6.07, 6.45) is 7.24. The van der Waals surface area contributed by atoms with Crippen LogP contribution in [0.3, 0.4) is 0 Å². The van der Waals surface area contributed by atoms with Crippen molar-refractivity contribution in [1.29, 1.82) is 0 Å². The van der Waals surface area contributed by atoms with E-state index in [1.54, 1.807) is 24.3 Å². The number of phenols is 1. The summed E-state index contributed by atoms with van der Waals surface area (Å²) in [4.78, 5) is 0. The van der Waals surface area contributed by atoms with E-state index >= 15 is 0 Å².